The maximum atomic E-state index is 11.8. The highest BCUT2D eigenvalue weighted by Gasteiger charge is 2.40. The van der Waals surface area contributed by atoms with Gasteiger partial charge >= 0.3 is 0 Å². The minimum absolute atomic E-state index is 0.0804. The fourth-order valence-electron chi connectivity index (χ4n) is 2.01. The molecule has 1 unspecified atom stereocenters. The van der Waals surface area contributed by atoms with Gasteiger partial charge in [-0.15, -0.1) is 0 Å². The van der Waals surface area contributed by atoms with Crippen LogP contribution >= 0.6 is 0 Å². The third-order valence-electron chi connectivity index (χ3n) is 3.54. The normalized spacial score (nSPS) is 29.4. The SMILES string of the molecule is CC1(C(N)=O)CCN(C(=O)CNC2CC2)C1. The minimum atomic E-state index is -0.532. The van der Waals surface area contributed by atoms with Crippen LogP contribution in [0.2, 0.25) is 0 Å². The van der Waals surface area contributed by atoms with E-state index >= 15 is 0 Å². The van der Waals surface area contributed by atoms with Crippen LogP contribution in [0.3, 0.4) is 0 Å². The second kappa shape index (κ2) is 4.05. The molecule has 1 saturated carbocycles. The van der Waals surface area contributed by atoms with Gasteiger partial charge in [0.2, 0.25) is 11.8 Å². The molecule has 1 aliphatic heterocycles. The summed E-state index contributed by atoms with van der Waals surface area (Å²) in [5.74, 6) is -0.227. The molecular weight excluding hydrogens is 206 g/mol. The fraction of sp³-hybridized carbons (Fsp3) is 0.818. The van der Waals surface area contributed by atoms with Gasteiger partial charge < -0.3 is 16.0 Å². The summed E-state index contributed by atoms with van der Waals surface area (Å²) in [5, 5.41) is 3.18. The Morgan fingerprint density at radius 2 is 2.19 bits per heavy atom. The number of likely N-dealkylation sites (tertiary alicyclic amines) is 1. The van der Waals surface area contributed by atoms with Crippen LogP contribution in [0.15, 0.2) is 0 Å². The second-order valence-electron chi connectivity index (χ2n) is 5.15. The number of nitrogens with two attached hydrogens (primary N) is 1. The fourth-order valence-corrected chi connectivity index (χ4v) is 2.01. The van der Waals surface area contributed by atoms with Crippen molar-refractivity contribution >= 4 is 11.8 Å². The first-order valence-corrected chi connectivity index (χ1v) is 5.82. The molecule has 5 heteroatoms. The highest BCUT2D eigenvalue weighted by Crippen LogP contribution is 2.29. The van der Waals surface area contributed by atoms with Crippen LogP contribution in [0.25, 0.3) is 0 Å². The van der Waals surface area contributed by atoms with Gasteiger partial charge in [0, 0.05) is 19.1 Å². The van der Waals surface area contributed by atoms with Gasteiger partial charge in [-0.1, -0.05) is 0 Å². The quantitative estimate of drug-likeness (QED) is 0.675. The molecule has 2 rings (SSSR count). The molecule has 5 nitrogen and oxygen atoms in total. The summed E-state index contributed by atoms with van der Waals surface area (Å²) in [6, 6.07) is 0.536. The predicted molar refractivity (Wildman–Crippen MR) is 59.5 cm³/mol. The number of rotatable bonds is 4. The lowest BCUT2D eigenvalue weighted by Gasteiger charge is -2.21. The van der Waals surface area contributed by atoms with E-state index in [0.29, 0.717) is 32.1 Å². The maximum absolute atomic E-state index is 11.8. The predicted octanol–water partition coefficient (Wildman–Crippen LogP) is -0.538. The van der Waals surface area contributed by atoms with Gasteiger partial charge in [0.25, 0.3) is 0 Å². The van der Waals surface area contributed by atoms with Crippen molar-refractivity contribution in [2.75, 3.05) is 19.6 Å². The lowest BCUT2D eigenvalue weighted by molar-refractivity contribution is -0.130. The average Bonchev–Trinajstić information content (AvgIpc) is 2.97. The summed E-state index contributed by atoms with van der Waals surface area (Å²) in [4.78, 5) is 24.8. The molecule has 16 heavy (non-hydrogen) atoms. The molecule has 1 saturated heterocycles. The van der Waals surface area contributed by atoms with Crippen molar-refractivity contribution < 1.29 is 9.59 Å². The second-order valence-corrected chi connectivity index (χ2v) is 5.15. The Hall–Kier alpha value is -1.10. The summed E-state index contributed by atoms with van der Waals surface area (Å²) < 4.78 is 0. The number of carbonyl (C=O) groups is 2. The zero-order valence-corrected chi connectivity index (χ0v) is 9.66. The number of hydrogen-bond donors (Lipinski definition) is 2. The van der Waals surface area contributed by atoms with Gasteiger partial charge in [0.1, 0.15) is 0 Å². The van der Waals surface area contributed by atoms with Crippen LogP contribution in [0, 0.1) is 5.41 Å². The summed E-state index contributed by atoms with van der Waals surface area (Å²) in [6.45, 7) is 3.33. The lowest BCUT2D eigenvalue weighted by atomic mass is 9.89. The smallest absolute Gasteiger partial charge is 0.236 e. The Labute approximate surface area is 95.3 Å². The average molecular weight is 225 g/mol. The minimum Gasteiger partial charge on any atom is -0.369 e. The summed E-state index contributed by atoms with van der Waals surface area (Å²) in [6.07, 6.45) is 3.02. The first-order valence-electron chi connectivity index (χ1n) is 5.82. The number of carbonyl (C=O) groups excluding carboxylic acids is 2. The molecule has 0 aromatic rings. The van der Waals surface area contributed by atoms with E-state index in [1.165, 1.54) is 12.8 Å². The van der Waals surface area contributed by atoms with Crippen molar-refractivity contribution in [2.45, 2.75) is 32.2 Å². The molecule has 0 aromatic carbocycles. The number of amides is 2. The van der Waals surface area contributed by atoms with E-state index in [2.05, 4.69) is 5.32 Å². The van der Waals surface area contributed by atoms with Crippen LogP contribution < -0.4 is 11.1 Å². The molecule has 2 fully saturated rings. The number of nitrogens with one attached hydrogen (secondary N) is 1. The number of nitrogens with zero attached hydrogens (tertiary/aromatic N) is 1. The van der Waals surface area contributed by atoms with E-state index in [4.69, 9.17) is 5.73 Å². The first kappa shape index (κ1) is 11.4. The molecular formula is C11H19N3O2. The van der Waals surface area contributed by atoms with Gasteiger partial charge in [-0.05, 0) is 26.2 Å². The van der Waals surface area contributed by atoms with Gasteiger partial charge in [-0.25, -0.2) is 0 Å². The van der Waals surface area contributed by atoms with Crippen molar-refractivity contribution in [3.8, 4) is 0 Å². The van der Waals surface area contributed by atoms with Gasteiger partial charge in [-0.2, -0.15) is 0 Å². The van der Waals surface area contributed by atoms with Gasteiger partial charge in [0.15, 0.2) is 0 Å². The van der Waals surface area contributed by atoms with E-state index in [-0.39, 0.29) is 11.8 Å². The molecule has 90 valence electrons. The monoisotopic (exact) mass is 225 g/mol. The standard InChI is InChI=1S/C11H19N3O2/c1-11(10(12)16)4-5-14(7-11)9(15)6-13-8-2-3-8/h8,13H,2-7H2,1H3,(H2,12,16). The maximum Gasteiger partial charge on any atom is 0.236 e. The Bertz CT molecular complexity index is 314. The van der Waals surface area contributed by atoms with Gasteiger partial charge in [0.05, 0.1) is 12.0 Å². The largest absolute Gasteiger partial charge is 0.369 e. The number of hydrogen-bond acceptors (Lipinski definition) is 3. The summed E-state index contributed by atoms with van der Waals surface area (Å²) >= 11 is 0. The van der Waals surface area contributed by atoms with E-state index in [0.717, 1.165) is 0 Å². The molecule has 1 heterocycles. The molecule has 3 N–H and O–H groups in total. The molecule has 2 aliphatic rings. The molecule has 1 aliphatic carbocycles. The van der Waals surface area contributed by atoms with Crippen molar-refractivity contribution in [1.29, 1.82) is 0 Å². The highest BCUT2D eigenvalue weighted by molar-refractivity contribution is 5.84. The molecule has 1 atom stereocenters. The van der Waals surface area contributed by atoms with Crippen molar-refractivity contribution in [1.82, 2.24) is 10.2 Å². The molecule has 0 bridgehead atoms. The summed E-state index contributed by atoms with van der Waals surface area (Å²) in [5.41, 5.74) is 4.80. The molecule has 0 aromatic heterocycles. The Balaban J connectivity index is 1.82. The van der Waals surface area contributed by atoms with Crippen LogP contribution in [0.1, 0.15) is 26.2 Å². The van der Waals surface area contributed by atoms with Gasteiger partial charge in [-0.3, -0.25) is 9.59 Å². The Kier molecular flexibility index (Phi) is 2.88. The Morgan fingerprint density at radius 1 is 1.50 bits per heavy atom. The zero-order valence-electron chi connectivity index (χ0n) is 9.66. The third kappa shape index (κ3) is 2.35. The van der Waals surface area contributed by atoms with E-state index in [9.17, 15) is 9.59 Å². The first-order chi connectivity index (χ1) is 7.51. The van der Waals surface area contributed by atoms with E-state index in [1.807, 2.05) is 6.92 Å². The van der Waals surface area contributed by atoms with E-state index < -0.39 is 5.41 Å². The molecule has 2 amide bonds. The lowest BCUT2D eigenvalue weighted by Crippen LogP contribution is -2.41. The zero-order chi connectivity index (χ0) is 11.8. The summed E-state index contributed by atoms with van der Waals surface area (Å²) in [7, 11) is 0. The van der Waals surface area contributed by atoms with Crippen molar-refractivity contribution in [3.63, 3.8) is 0 Å². The van der Waals surface area contributed by atoms with Crippen LogP contribution in [-0.2, 0) is 9.59 Å². The van der Waals surface area contributed by atoms with E-state index in [1.54, 1.807) is 4.90 Å². The molecule has 0 radical (unpaired) electrons. The number of primary amides is 1. The highest BCUT2D eigenvalue weighted by atomic mass is 16.2. The van der Waals surface area contributed by atoms with Crippen LogP contribution in [0.4, 0.5) is 0 Å². The Morgan fingerprint density at radius 3 is 2.69 bits per heavy atom. The molecule has 0 spiro atoms. The van der Waals surface area contributed by atoms with Crippen LogP contribution in [-0.4, -0.2) is 42.4 Å². The topological polar surface area (TPSA) is 75.4 Å². The van der Waals surface area contributed by atoms with Crippen molar-refractivity contribution in [2.24, 2.45) is 11.1 Å². The van der Waals surface area contributed by atoms with Crippen molar-refractivity contribution in [3.05, 3.63) is 0 Å². The third-order valence-corrected chi connectivity index (χ3v) is 3.54. The van der Waals surface area contributed by atoms with Crippen LogP contribution in [0.5, 0.6) is 0 Å².